The number of carbonyl (C=O) groups is 2. The van der Waals surface area contributed by atoms with E-state index in [0.29, 0.717) is 32.3 Å². The second-order valence-corrected chi connectivity index (χ2v) is 6.64. The zero-order valence-corrected chi connectivity index (χ0v) is 13.9. The standard InChI is InChI=1S/C18H12FNO4S/c1-9(21)12-6-14-15(24-8-23-14)7-13(12)20-18(22)17-4-10-2-3-11(19)5-16(10)25-17/h2-7H,8H2,1H3,(H,20,22). The van der Waals surface area contributed by atoms with Gasteiger partial charge in [-0.2, -0.15) is 0 Å². The van der Waals surface area contributed by atoms with Gasteiger partial charge < -0.3 is 14.8 Å². The number of benzene rings is 2. The zero-order chi connectivity index (χ0) is 17.6. The van der Waals surface area contributed by atoms with Crippen molar-refractivity contribution >= 4 is 38.8 Å². The number of hydrogen-bond donors (Lipinski definition) is 1. The third kappa shape index (κ3) is 2.83. The normalized spacial score (nSPS) is 12.4. The Balaban J connectivity index is 1.69. The van der Waals surface area contributed by atoms with E-state index in [1.54, 1.807) is 24.3 Å². The molecule has 4 rings (SSSR count). The van der Waals surface area contributed by atoms with Crippen molar-refractivity contribution in [3.05, 3.63) is 52.7 Å². The Kier molecular flexibility index (Phi) is 3.65. The molecule has 1 aromatic heterocycles. The maximum atomic E-state index is 13.3. The van der Waals surface area contributed by atoms with Crippen LogP contribution in [0.3, 0.4) is 0 Å². The van der Waals surface area contributed by atoms with Gasteiger partial charge in [-0.3, -0.25) is 9.59 Å². The molecule has 2 heterocycles. The minimum Gasteiger partial charge on any atom is -0.454 e. The van der Waals surface area contributed by atoms with Gasteiger partial charge in [0.05, 0.1) is 10.6 Å². The monoisotopic (exact) mass is 357 g/mol. The minimum absolute atomic E-state index is 0.0754. The zero-order valence-electron chi connectivity index (χ0n) is 13.1. The Morgan fingerprint density at radius 3 is 2.64 bits per heavy atom. The summed E-state index contributed by atoms with van der Waals surface area (Å²) in [5.74, 6) is 0.0187. The van der Waals surface area contributed by atoms with Gasteiger partial charge >= 0.3 is 0 Å². The molecule has 0 radical (unpaired) electrons. The molecule has 5 nitrogen and oxygen atoms in total. The fraction of sp³-hybridized carbons (Fsp3) is 0.111. The van der Waals surface area contributed by atoms with E-state index in [9.17, 15) is 14.0 Å². The van der Waals surface area contributed by atoms with Gasteiger partial charge in [0.25, 0.3) is 5.91 Å². The lowest BCUT2D eigenvalue weighted by Crippen LogP contribution is -2.13. The lowest BCUT2D eigenvalue weighted by Gasteiger charge is -2.09. The quantitative estimate of drug-likeness (QED) is 0.713. The Morgan fingerprint density at radius 1 is 1.12 bits per heavy atom. The highest BCUT2D eigenvalue weighted by Gasteiger charge is 2.21. The highest BCUT2D eigenvalue weighted by Crippen LogP contribution is 2.37. The largest absolute Gasteiger partial charge is 0.454 e. The lowest BCUT2D eigenvalue weighted by atomic mass is 10.1. The van der Waals surface area contributed by atoms with Crippen LogP contribution < -0.4 is 14.8 Å². The first-order valence-corrected chi connectivity index (χ1v) is 8.28. The molecular weight excluding hydrogens is 345 g/mol. The molecule has 0 fully saturated rings. The number of ketones is 1. The molecule has 0 spiro atoms. The molecular formula is C18H12FNO4S. The van der Waals surface area contributed by atoms with Gasteiger partial charge in [0.2, 0.25) is 6.79 Å². The SMILES string of the molecule is CC(=O)c1cc2c(cc1NC(=O)c1cc3ccc(F)cc3s1)OCO2. The summed E-state index contributed by atoms with van der Waals surface area (Å²) >= 11 is 1.19. The van der Waals surface area contributed by atoms with Crippen molar-refractivity contribution in [1.29, 1.82) is 0 Å². The van der Waals surface area contributed by atoms with Crippen molar-refractivity contribution in [3.63, 3.8) is 0 Å². The fourth-order valence-electron chi connectivity index (χ4n) is 2.64. The molecule has 0 unspecified atom stereocenters. The van der Waals surface area contributed by atoms with E-state index < -0.39 is 0 Å². The summed E-state index contributed by atoms with van der Waals surface area (Å²) in [4.78, 5) is 24.9. The Hall–Kier alpha value is -2.93. The Labute approximate surface area is 146 Å². The first-order chi connectivity index (χ1) is 12.0. The highest BCUT2D eigenvalue weighted by molar-refractivity contribution is 7.20. The number of anilines is 1. The minimum atomic E-state index is -0.372. The molecule has 1 aliphatic rings. The molecule has 2 aromatic carbocycles. The first kappa shape index (κ1) is 15.6. The Morgan fingerprint density at radius 2 is 1.88 bits per heavy atom. The Bertz CT molecular complexity index is 1030. The average Bonchev–Trinajstić information content (AvgIpc) is 3.19. The van der Waals surface area contributed by atoms with Crippen LogP contribution in [-0.2, 0) is 0 Å². The van der Waals surface area contributed by atoms with Gasteiger partial charge in [0.1, 0.15) is 5.82 Å². The molecule has 0 aliphatic carbocycles. The third-order valence-electron chi connectivity index (χ3n) is 3.85. The van der Waals surface area contributed by atoms with Crippen LogP contribution in [0.5, 0.6) is 11.5 Å². The van der Waals surface area contributed by atoms with E-state index in [4.69, 9.17) is 9.47 Å². The molecule has 126 valence electrons. The van der Waals surface area contributed by atoms with Gasteiger partial charge in [-0.15, -0.1) is 11.3 Å². The van der Waals surface area contributed by atoms with E-state index in [1.807, 2.05) is 0 Å². The van der Waals surface area contributed by atoms with Gasteiger partial charge in [-0.05, 0) is 36.6 Å². The number of Topliss-reactive ketones (excluding diaryl/α,β-unsaturated/α-hetero) is 1. The van der Waals surface area contributed by atoms with Crippen molar-refractivity contribution in [2.75, 3.05) is 12.1 Å². The second kappa shape index (κ2) is 5.86. The van der Waals surface area contributed by atoms with Crippen molar-refractivity contribution < 1.29 is 23.5 Å². The summed E-state index contributed by atoms with van der Waals surface area (Å²) in [5.41, 5.74) is 0.690. The van der Waals surface area contributed by atoms with Crippen molar-refractivity contribution in [2.45, 2.75) is 6.92 Å². The summed E-state index contributed by atoms with van der Waals surface area (Å²) in [5, 5.41) is 3.52. The number of carbonyl (C=O) groups excluding carboxylic acids is 2. The maximum absolute atomic E-state index is 13.3. The van der Waals surface area contributed by atoms with Crippen LogP contribution in [0.25, 0.3) is 10.1 Å². The van der Waals surface area contributed by atoms with Crippen LogP contribution in [0.15, 0.2) is 36.4 Å². The van der Waals surface area contributed by atoms with Gasteiger partial charge in [-0.25, -0.2) is 4.39 Å². The number of fused-ring (bicyclic) bond motifs is 2. The third-order valence-corrected chi connectivity index (χ3v) is 4.94. The molecule has 7 heteroatoms. The number of halogens is 1. The average molecular weight is 357 g/mol. The highest BCUT2D eigenvalue weighted by atomic mass is 32.1. The van der Waals surface area contributed by atoms with Gasteiger partial charge in [-0.1, -0.05) is 6.07 Å². The fourth-order valence-corrected chi connectivity index (χ4v) is 3.62. The molecule has 1 aliphatic heterocycles. The van der Waals surface area contributed by atoms with Crippen molar-refractivity contribution in [3.8, 4) is 11.5 Å². The van der Waals surface area contributed by atoms with Crippen LogP contribution in [0, 0.1) is 5.82 Å². The topological polar surface area (TPSA) is 64.6 Å². The van der Waals surface area contributed by atoms with Crippen LogP contribution in [0.1, 0.15) is 27.0 Å². The number of ether oxygens (including phenoxy) is 2. The number of rotatable bonds is 3. The molecule has 1 N–H and O–H groups in total. The summed E-state index contributed by atoms with van der Waals surface area (Å²) < 4.78 is 24.6. The molecule has 0 saturated heterocycles. The van der Waals surface area contributed by atoms with Crippen molar-refractivity contribution in [1.82, 2.24) is 0 Å². The predicted octanol–water partition coefficient (Wildman–Crippen LogP) is 4.22. The summed E-state index contributed by atoms with van der Waals surface area (Å²) in [6, 6.07) is 9.18. The van der Waals surface area contributed by atoms with Crippen LogP contribution >= 0.6 is 11.3 Å². The molecule has 3 aromatic rings. The van der Waals surface area contributed by atoms with Gasteiger partial charge in [0.15, 0.2) is 17.3 Å². The number of nitrogens with one attached hydrogen (secondary N) is 1. The summed E-state index contributed by atoms with van der Waals surface area (Å²) in [6.45, 7) is 1.49. The number of thiophene rings is 1. The molecule has 1 amide bonds. The van der Waals surface area contributed by atoms with E-state index in [0.717, 1.165) is 5.39 Å². The van der Waals surface area contributed by atoms with E-state index in [2.05, 4.69) is 5.32 Å². The van der Waals surface area contributed by atoms with E-state index in [1.165, 1.54) is 30.4 Å². The van der Waals surface area contributed by atoms with Crippen LogP contribution in [0.4, 0.5) is 10.1 Å². The number of amides is 1. The lowest BCUT2D eigenvalue weighted by molar-refractivity contribution is 0.101. The van der Waals surface area contributed by atoms with E-state index >= 15 is 0 Å². The maximum Gasteiger partial charge on any atom is 0.265 e. The molecule has 0 bridgehead atoms. The smallest absolute Gasteiger partial charge is 0.265 e. The number of hydrogen-bond acceptors (Lipinski definition) is 5. The van der Waals surface area contributed by atoms with E-state index in [-0.39, 0.29) is 24.3 Å². The molecule has 0 atom stereocenters. The summed E-state index contributed by atoms with van der Waals surface area (Å²) in [7, 11) is 0. The second-order valence-electron chi connectivity index (χ2n) is 5.55. The first-order valence-electron chi connectivity index (χ1n) is 7.46. The molecule has 25 heavy (non-hydrogen) atoms. The van der Waals surface area contributed by atoms with Crippen molar-refractivity contribution in [2.24, 2.45) is 0 Å². The summed E-state index contributed by atoms with van der Waals surface area (Å²) in [6.07, 6.45) is 0. The van der Waals surface area contributed by atoms with Crippen LogP contribution in [-0.4, -0.2) is 18.5 Å². The van der Waals surface area contributed by atoms with Crippen LogP contribution in [0.2, 0.25) is 0 Å². The molecule has 0 saturated carbocycles. The van der Waals surface area contributed by atoms with Gasteiger partial charge in [0, 0.05) is 16.3 Å². The predicted molar refractivity (Wildman–Crippen MR) is 92.3 cm³/mol.